The zero-order valence-electron chi connectivity index (χ0n) is 19.3. The highest BCUT2D eigenvalue weighted by molar-refractivity contribution is 5.76. The molecule has 3 aliphatic heterocycles. The van der Waals surface area contributed by atoms with Crippen LogP contribution in [0.4, 0.5) is 0 Å². The highest BCUT2D eigenvalue weighted by atomic mass is 16.8. The molecule has 3 heterocycles. The Kier molecular flexibility index (Phi) is 9.58. The summed E-state index contributed by atoms with van der Waals surface area (Å²) in [6.45, 7) is 0. The first kappa shape index (κ1) is 30.4. The minimum atomic E-state index is -2.26. The molecule has 0 spiro atoms. The van der Waals surface area contributed by atoms with Crippen LogP contribution < -0.4 is 0 Å². The van der Waals surface area contributed by atoms with Crippen LogP contribution in [0.15, 0.2) is 0 Å². The third-order valence-corrected chi connectivity index (χ3v) is 6.18. The number of aliphatic hydroxyl groups excluding tert-OH is 8. The number of esters is 1. The Morgan fingerprint density at radius 2 is 1.00 bits per heavy atom. The van der Waals surface area contributed by atoms with Crippen molar-refractivity contribution in [1.82, 2.24) is 0 Å². The Labute approximate surface area is 211 Å². The van der Waals surface area contributed by atoms with Gasteiger partial charge in [-0.25, -0.2) is 14.4 Å². The zero-order chi connectivity index (χ0) is 28.6. The molecular weight excluding hydrogens is 532 g/mol. The van der Waals surface area contributed by atoms with Crippen molar-refractivity contribution in [2.45, 2.75) is 92.1 Å². The number of hydrogen-bond donors (Lipinski definition) is 10. The summed E-state index contributed by atoms with van der Waals surface area (Å²) in [5, 5.41) is 99.6. The summed E-state index contributed by atoms with van der Waals surface area (Å²) in [7, 11) is 0.914. The largest absolute Gasteiger partial charge is 0.479 e. The van der Waals surface area contributed by atoms with Crippen molar-refractivity contribution in [2.24, 2.45) is 0 Å². The molecular formula is C19H28O19. The van der Waals surface area contributed by atoms with E-state index in [0.717, 1.165) is 7.11 Å². The molecule has 38 heavy (non-hydrogen) atoms. The number of carboxylic acids is 2. The van der Waals surface area contributed by atoms with E-state index < -0.39 is 110 Å². The van der Waals surface area contributed by atoms with Gasteiger partial charge < -0.3 is 79.5 Å². The standard InChI is InChI=1S/C19H28O19/c1-33-17(32)13-10(4(22)6(24)16(31)34-13)36-19-8(26)5(23)9(12(38-19)15(29)30)35-18-7(25)2(20)3(21)11(37-18)14(27)28/h2-13,16,18-26,31H,1H3,(H,27,28)(H,29,30)/t2-,3+,4+,5+,6+,7+,8+,9+,10+,11-,12-,13-,16?,18-,19-/m0/s1. The van der Waals surface area contributed by atoms with Crippen molar-refractivity contribution < 1.29 is 93.9 Å². The molecule has 3 rings (SSSR count). The average Bonchev–Trinajstić information content (AvgIpc) is 2.87. The molecule has 0 amide bonds. The normalized spacial score (nSPS) is 47.8. The Morgan fingerprint density at radius 1 is 0.553 bits per heavy atom. The molecule has 0 aliphatic carbocycles. The molecule has 0 aromatic heterocycles. The fourth-order valence-electron chi connectivity index (χ4n) is 4.08. The number of hydrogen-bond acceptors (Lipinski definition) is 17. The van der Waals surface area contributed by atoms with Crippen molar-refractivity contribution in [3.05, 3.63) is 0 Å². The highest BCUT2D eigenvalue weighted by Crippen LogP contribution is 2.32. The van der Waals surface area contributed by atoms with Crippen molar-refractivity contribution in [3.63, 3.8) is 0 Å². The second-order valence-electron chi connectivity index (χ2n) is 8.63. The summed E-state index contributed by atoms with van der Waals surface area (Å²) in [6, 6.07) is 0. The maximum Gasteiger partial charge on any atom is 0.337 e. The molecule has 19 nitrogen and oxygen atoms in total. The van der Waals surface area contributed by atoms with E-state index in [1.165, 1.54) is 0 Å². The van der Waals surface area contributed by atoms with Crippen LogP contribution >= 0.6 is 0 Å². The van der Waals surface area contributed by atoms with Gasteiger partial charge in [0.05, 0.1) is 7.11 Å². The molecule has 15 atom stereocenters. The van der Waals surface area contributed by atoms with Gasteiger partial charge in [-0.2, -0.15) is 0 Å². The van der Waals surface area contributed by atoms with Gasteiger partial charge >= 0.3 is 17.9 Å². The SMILES string of the molecule is COC(=O)[C@H]1OC(O)[C@H](O)[C@@H](O)[C@H]1O[C@H]1O[C@H](C(=O)O)[C@H](O[C@H]2O[C@H](C(=O)O)[C@H](O)[C@H](O)[C@H]2O)[C@H](O)[C@H]1O. The van der Waals surface area contributed by atoms with E-state index in [9.17, 15) is 60.3 Å². The summed E-state index contributed by atoms with van der Waals surface area (Å²) in [5.41, 5.74) is 0. The molecule has 3 saturated heterocycles. The first-order chi connectivity index (χ1) is 17.7. The van der Waals surface area contributed by atoms with Crippen molar-refractivity contribution >= 4 is 17.9 Å². The third-order valence-electron chi connectivity index (χ3n) is 6.18. The smallest absolute Gasteiger partial charge is 0.337 e. The van der Waals surface area contributed by atoms with E-state index >= 15 is 0 Å². The summed E-state index contributed by atoms with van der Waals surface area (Å²) >= 11 is 0. The van der Waals surface area contributed by atoms with E-state index in [2.05, 4.69) is 4.74 Å². The minimum absolute atomic E-state index is 0.914. The number of aliphatic hydroxyl groups is 8. The van der Waals surface area contributed by atoms with Crippen LogP contribution in [0, 0.1) is 0 Å². The van der Waals surface area contributed by atoms with Gasteiger partial charge in [-0.1, -0.05) is 0 Å². The number of rotatable bonds is 7. The van der Waals surface area contributed by atoms with Crippen molar-refractivity contribution in [1.29, 1.82) is 0 Å². The molecule has 218 valence electrons. The first-order valence-electron chi connectivity index (χ1n) is 11.0. The predicted molar refractivity (Wildman–Crippen MR) is 107 cm³/mol. The predicted octanol–water partition coefficient (Wildman–Crippen LogP) is -7.21. The lowest BCUT2D eigenvalue weighted by atomic mass is 9.95. The molecule has 0 aromatic carbocycles. The maximum atomic E-state index is 12.0. The second-order valence-corrected chi connectivity index (χ2v) is 8.63. The van der Waals surface area contributed by atoms with Crippen LogP contribution in [0.3, 0.4) is 0 Å². The van der Waals surface area contributed by atoms with Crippen molar-refractivity contribution in [3.8, 4) is 0 Å². The minimum Gasteiger partial charge on any atom is -0.479 e. The van der Waals surface area contributed by atoms with Crippen LogP contribution in [0.1, 0.15) is 0 Å². The molecule has 19 heteroatoms. The van der Waals surface area contributed by atoms with Crippen LogP contribution in [0.25, 0.3) is 0 Å². The number of carbonyl (C=O) groups excluding carboxylic acids is 1. The number of aliphatic carboxylic acids is 2. The van der Waals surface area contributed by atoms with Crippen molar-refractivity contribution in [2.75, 3.05) is 7.11 Å². The zero-order valence-corrected chi connectivity index (χ0v) is 19.3. The molecule has 0 radical (unpaired) electrons. The summed E-state index contributed by atoms with van der Waals surface area (Å²) in [4.78, 5) is 35.2. The second kappa shape index (κ2) is 12.0. The number of carboxylic acid groups (broad SMARTS) is 2. The monoisotopic (exact) mass is 560 g/mol. The number of carbonyl (C=O) groups is 3. The van der Waals surface area contributed by atoms with E-state index in [-0.39, 0.29) is 0 Å². The van der Waals surface area contributed by atoms with Gasteiger partial charge in [0.25, 0.3) is 0 Å². The van der Waals surface area contributed by atoms with Gasteiger partial charge in [-0.05, 0) is 0 Å². The van der Waals surface area contributed by atoms with E-state index in [4.69, 9.17) is 28.8 Å². The van der Waals surface area contributed by atoms with E-state index in [0.29, 0.717) is 0 Å². The molecule has 3 aliphatic rings. The van der Waals surface area contributed by atoms with Gasteiger partial charge in [0.2, 0.25) is 0 Å². The summed E-state index contributed by atoms with van der Waals surface area (Å²) in [5.74, 6) is -4.84. The lowest BCUT2D eigenvalue weighted by Gasteiger charge is -2.46. The first-order valence-corrected chi connectivity index (χ1v) is 11.0. The van der Waals surface area contributed by atoms with Crippen LogP contribution in [0.2, 0.25) is 0 Å². The molecule has 0 saturated carbocycles. The van der Waals surface area contributed by atoms with E-state index in [1.807, 2.05) is 0 Å². The lowest BCUT2D eigenvalue weighted by molar-refractivity contribution is -0.368. The molecule has 10 N–H and O–H groups in total. The number of methoxy groups -OCH3 is 1. The highest BCUT2D eigenvalue weighted by Gasteiger charge is 2.56. The Morgan fingerprint density at radius 3 is 1.50 bits per heavy atom. The maximum absolute atomic E-state index is 12.0. The fourth-order valence-corrected chi connectivity index (χ4v) is 4.08. The quantitative estimate of drug-likeness (QED) is 0.129. The topological polar surface area (TPSA) is 309 Å². The van der Waals surface area contributed by atoms with Crippen LogP contribution in [-0.2, 0) is 42.8 Å². The Hall–Kier alpha value is -2.11. The van der Waals surface area contributed by atoms with E-state index in [1.54, 1.807) is 0 Å². The van der Waals surface area contributed by atoms with Crippen LogP contribution in [-0.4, -0.2) is 168 Å². The van der Waals surface area contributed by atoms with Gasteiger partial charge in [0, 0.05) is 0 Å². The summed E-state index contributed by atoms with van der Waals surface area (Å²) in [6.07, 6.45) is -31.7. The van der Waals surface area contributed by atoms with Gasteiger partial charge in [-0.15, -0.1) is 0 Å². The van der Waals surface area contributed by atoms with Gasteiger partial charge in [0.15, 0.2) is 37.2 Å². The van der Waals surface area contributed by atoms with Crippen LogP contribution in [0.5, 0.6) is 0 Å². The molecule has 1 unspecified atom stereocenters. The Bertz CT molecular complexity index is 869. The van der Waals surface area contributed by atoms with Gasteiger partial charge in [-0.3, -0.25) is 0 Å². The third kappa shape index (κ3) is 5.74. The molecule has 0 bridgehead atoms. The Balaban J connectivity index is 1.82. The fraction of sp³-hybridized carbons (Fsp3) is 0.842. The molecule has 0 aromatic rings. The summed E-state index contributed by atoms with van der Waals surface area (Å²) < 4.78 is 29.8. The average molecular weight is 560 g/mol. The number of ether oxygens (including phenoxy) is 6. The van der Waals surface area contributed by atoms with Gasteiger partial charge in [0.1, 0.15) is 54.9 Å². The lowest BCUT2D eigenvalue weighted by Crippen LogP contribution is -2.67. The molecule has 3 fully saturated rings.